The van der Waals surface area contributed by atoms with Gasteiger partial charge in [0.05, 0.1) is 6.61 Å². The van der Waals surface area contributed by atoms with E-state index in [1.165, 1.54) is 11.1 Å². The molecule has 0 atom stereocenters. The Hall–Kier alpha value is -1.96. The largest absolute Gasteiger partial charge is 0.493 e. The topological polar surface area (TPSA) is 18.5 Å². The number of hydrogen-bond donors (Lipinski definition) is 0. The molecule has 0 aliphatic rings. The standard InChI is InChI=1S/C19H24O2/c1-3-5-11-20-18-12-16(4-2)13-19(14-18)21-15-17-9-7-6-8-10-17/h6-10,12-14H,3-5,11,15H2,1-2H3. The van der Waals surface area contributed by atoms with Gasteiger partial charge in [-0.25, -0.2) is 0 Å². The van der Waals surface area contributed by atoms with E-state index in [9.17, 15) is 0 Å². The van der Waals surface area contributed by atoms with Crippen LogP contribution in [-0.2, 0) is 13.0 Å². The van der Waals surface area contributed by atoms with Crippen molar-refractivity contribution in [2.75, 3.05) is 6.61 Å². The lowest BCUT2D eigenvalue weighted by atomic mass is 10.1. The molecule has 0 amide bonds. The molecule has 0 aliphatic heterocycles. The van der Waals surface area contributed by atoms with Crippen molar-refractivity contribution in [1.29, 1.82) is 0 Å². The fourth-order valence-electron chi connectivity index (χ4n) is 2.08. The first-order chi connectivity index (χ1) is 10.3. The highest BCUT2D eigenvalue weighted by molar-refractivity contribution is 5.38. The van der Waals surface area contributed by atoms with Gasteiger partial charge < -0.3 is 9.47 Å². The van der Waals surface area contributed by atoms with Crippen molar-refractivity contribution in [3.8, 4) is 11.5 Å². The van der Waals surface area contributed by atoms with Gasteiger partial charge in [0.25, 0.3) is 0 Å². The molecule has 0 radical (unpaired) electrons. The summed E-state index contributed by atoms with van der Waals surface area (Å²) in [5, 5.41) is 0. The normalized spacial score (nSPS) is 10.4. The molecular formula is C19H24O2. The van der Waals surface area contributed by atoms with Crippen LogP contribution in [0.3, 0.4) is 0 Å². The van der Waals surface area contributed by atoms with Gasteiger partial charge >= 0.3 is 0 Å². The molecule has 0 fully saturated rings. The molecule has 0 heterocycles. The Morgan fingerprint density at radius 2 is 1.52 bits per heavy atom. The minimum absolute atomic E-state index is 0.586. The first-order valence-corrected chi connectivity index (χ1v) is 7.75. The van der Waals surface area contributed by atoms with Gasteiger partial charge in [0.1, 0.15) is 18.1 Å². The highest BCUT2D eigenvalue weighted by Gasteiger charge is 2.03. The summed E-state index contributed by atoms with van der Waals surface area (Å²) in [5.41, 5.74) is 2.42. The van der Waals surface area contributed by atoms with Crippen LogP contribution in [0.2, 0.25) is 0 Å². The zero-order valence-electron chi connectivity index (χ0n) is 13.0. The fourth-order valence-corrected chi connectivity index (χ4v) is 2.08. The minimum atomic E-state index is 0.586. The summed E-state index contributed by atoms with van der Waals surface area (Å²) in [6.45, 7) is 5.66. The molecule has 2 rings (SSSR count). The summed E-state index contributed by atoms with van der Waals surface area (Å²) >= 11 is 0. The SMILES string of the molecule is CCCCOc1cc(CC)cc(OCc2ccccc2)c1. The van der Waals surface area contributed by atoms with Gasteiger partial charge in [-0.05, 0) is 36.1 Å². The monoisotopic (exact) mass is 284 g/mol. The lowest BCUT2D eigenvalue weighted by molar-refractivity contribution is 0.291. The number of rotatable bonds is 8. The van der Waals surface area contributed by atoms with Crippen molar-refractivity contribution >= 4 is 0 Å². The van der Waals surface area contributed by atoms with Crippen molar-refractivity contribution in [3.63, 3.8) is 0 Å². The molecule has 21 heavy (non-hydrogen) atoms. The molecule has 112 valence electrons. The fraction of sp³-hybridized carbons (Fsp3) is 0.368. The average Bonchev–Trinajstić information content (AvgIpc) is 2.54. The van der Waals surface area contributed by atoms with Gasteiger partial charge in [-0.1, -0.05) is 50.6 Å². The Bertz CT molecular complexity index is 535. The molecule has 0 saturated heterocycles. The van der Waals surface area contributed by atoms with E-state index < -0.39 is 0 Å². The van der Waals surface area contributed by atoms with Crippen molar-refractivity contribution < 1.29 is 9.47 Å². The molecule has 2 aromatic rings. The molecule has 0 N–H and O–H groups in total. The zero-order valence-corrected chi connectivity index (χ0v) is 13.0. The molecule has 0 bridgehead atoms. The number of unbranched alkanes of at least 4 members (excludes halogenated alkanes) is 1. The highest BCUT2D eigenvalue weighted by atomic mass is 16.5. The van der Waals surface area contributed by atoms with E-state index in [2.05, 4.69) is 38.1 Å². The van der Waals surface area contributed by atoms with Gasteiger partial charge in [-0.15, -0.1) is 0 Å². The molecule has 0 aliphatic carbocycles. The van der Waals surface area contributed by atoms with Crippen molar-refractivity contribution in [3.05, 3.63) is 59.7 Å². The Labute approximate surface area is 127 Å². The third-order valence-corrected chi connectivity index (χ3v) is 3.36. The van der Waals surface area contributed by atoms with E-state index in [1.54, 1.807) is 0 Å². The Morgan fingerprint density at radius 1 is 0.810 bits per heavy atom. The molecule has 2 aromatic carbocycles. The van der Waals surface area contributed by atoms with Gasteiger partial charge in [-0.3, -0.25) is 0 Å². The Kier molecular flexibility index (Phi) is 6.14. The van der Waals surface area contributed by atoms with Crippen molar-refractivity contribution in [2.24, 2.45) is 0 Å². The average molecular weight is 284 g/mol. The Morgan fingerprint density at radius 3 is 2.19 bits per heavy atom. The van der Waals surface area contributed by atoms with Crippen LogP contribution in [0.5, 0.6) is 11.5 Å². The highest BCUT2D eigenvalue weighted by Crippen LogP contribution is 2.24. The summed E-state index contributed by atoms with van der Waals surface area (Å²) in [4.78, 5) is 0. The molecule has 0 aromatic heterocycles. The van der Waals surface area contributed by atoms with Crippen LogP contribution in [0.4, 0.5) is 0 Å². The van der Waals surface area contributed by atoms with Crippen LogP contribution in [0.15, 0.2) is 48.5 Å². The van der Waals surface area contributed by atoms with Crippen LogP contribution < -0.4 is 9.47 Å². The van der Waals surface area contributed by atoms with E-state index in [-0.39, 0.29) is 0 Å². The number of benzene rings is 2. The maximum Gasteiger partial charge on any atom is 0.123 e. The summed E-state index contributed by atoms with van der Waals surface area (Å²) in [6.07, 6.45) is 3.20. The maximum atomic E-state index is 5.90. The summed E-state index contributed by atoms with van der Waals surface area (Å²) < 4.78 is 11.7. The van der Waals surface area contributed by atoms with Crippen LogP contribution >= 0.6 is 0 Å². The predicted molar refractivity (Wildman–Crippen MR) is 87.0 cm³/mol. The first kappa shape index (κ1) is 15.4. The van der Waals surface area contributed by atoms with Crippen molar-refractivity contribution in [2.45, 2.75) is 39.7 Å². The summed E-state index contributed by atoms with van der Waals surface area (Å²) in [5.74, 6) is 1.79. The van der Waals surface area contributed by atoms with E-state index >= 15 is 0 Å². The maximum absolute atomic E-state index is 5.90. The van der Waals surface area contributed by atoms with E-state index in [4.69, 9.17) is 9.47 Å². The molecule has 2 nitrogen and oxygen atoms in total. The van der Waals surface area contributed by atoms with Crippen LogP contribution in [-0.4, -0.2) is 6.61 Å². The lowest BCUT2D eigenvalue weighted by Crippen LogP contribution is -1.99. The summed E-state index contributed by atoms with van der Waals surface area (Å²) in [7, 11) is 0. The zero-order chi connectivity index (χ0) is 14.9. The van der Waals surface area contributed by atoms with E-state index in [0.29, 0.717) is 6.61 Å². The smallest absolute Gasteiger partial charge is 0.123 e. The Balaban J connectivity index is 2.02. The third-order valence-electron chi connectivity index (χ3n) is 3.36. The molecular weight excluding hydrogens is 260 g/mol. The van der Waals surface area contributed by atoms with Gasteiger partial charge in [0, 0.05) is 6.07 Å². The van der Waals surface area contributed by atoms with Crippen LogP contribution in [0.1, 0.15) is 37.8 Å². The van der Waals surface area contributed by atoms with E-state index in [1.807, 2.05) is 24.3 Å². The minimum Gasteiger partial charge on any atom is -0.493 e. The molecule has 0 unspecified atom stereocenters. The molecule has 2 heteroatoms. The summed E-state index contributed by atoms with van der Waals surface area (Å²) in [6, 6.07) is 16.4. The van der Waals surface area contributed by atoms with Crippen LogP contribution in [0, 0.1) is 0 Å². The van der Waals surface area contributed by atoms with Gasteiger partial charge in [0.15, 0.2) is 0 Å². The predicted octanol–water partition coefficient (Wildman–Crippen LogP) is 5.01. The quantitative estimate of drug-likeness (QED) is 0.635. The second-order valence-corrected chi connectivity index (χ2v) is 5.14. The molecule has 0 saturated carbocycles. The second kappa shape index (κ2) is 8.35. The lowest BCUT2D eigenvalue weighted by Gasteiger charge is -2.12. The van der Waals surface area contributed by atoms with Crippen molar-refractivity contribution in [1.82, 2.24) is 0 Å². The molecule has 0 spiro atoms. The first-order valence-electron chi connectivity index (χ1n) is 7.75. The third kappa shape index (κ3) is 5.14. The van der Waals surface area contributed by atoms with Crippen LogP contribution in [0.25, 0.3) is 0 Å². The number of ether oxygens (including phenoxy) is 2. The van der Waals surface area contributed by atoms with E-state index in [0.717, 1.165) is 37.4 Å². The van der Waals surface area contributed by atoms with Gasteiger partial charge in [0.2, 0.25) is 0 Å². The number of hydrogen-bond acceptors (Lipinski definition) is 2. The van der Waals surface area contributed by atoms with Gasteiger partial charge in [-0.2, -0.15) is 0 Å². The second-order valence-electron chi connectivity index (χ2n) is 5.14. The number of aryl methyl sites for hydroxylation is 1.